The summed E-state index contributed by atoms with van der Waals surface area (Å²) in [4.78, 5) is 12.1. The first kappa shape index (κ1) is 19.7. The number of aryl methyl sites for hydroxylation is 1. The summed E-state index contributed by atoms with van der Waals surface area (Å²) in [6.07, 6.45) is 0. The average molecular weight is 377 g/mol. The minimum Gasteiger partial charge on any atom is -0.495 e. The Bertz CT molecular complexity index is 897. The van der Waals surface area contributed by atoms with Gasteiger partial charge in [-0.25, -0.2) is 8.42 Å². The number of carbonyl (C=O) groups excluding carboxylic acids is 1. The van der Waals surface area contributed by atoms with E-state index in [2.05, 4.69) is 10.0 Å². The Morgan fingerprint density at radius 2 is 1.92 bits per heavy atom. The lowest BCUT2D eigenvalue weighted by molar-refractivity contribution is -0.119. The lowest BCUT2D eigenvalue weighted by atomic mass is 10.1. The number of methoxy groups -OCH3 is 1. The van der Waals surface area contributed by atoms with Crippen molar-refractivity contribution in [2.24, 2.45) is 11.7 Å². The second-order valence-corrected chi connectivity index (χ2v) is 7.56. The molecule has 8 heteroatoms. The van der Waals surface area contributed by atoms with Crippen molar-refractivity contribution < 1.29 is 17.9 Å². The van der Waals surface area contributed by atoms with Gasteiger partial charge in [0.05, 0.1) is 17.7 Å². The third kappa shape index (κ3) is 4.53. The number of anilines is 2. The molecule has 0 aliphatic rings. The maximum atomic E-state index is 12.8. The van der Waals surface area contributed by atoms with Gasteiger partial charge in [-0.05, 0) is 36.8 Å². The Labute approximate surface area is 153 Å². The molecule has 0 aliphatic carbocycles. The maximum absolute atomic E-state index is 12.8. The molecule has 2 aromatic rings. The van der Waals surface area contributed by atoms with Crippen LogP contribution in [0.1, 0.15) is 12.5 Å². The van der Waals surface area contributed by atoms with Gasteiger partial charge in [0.15, 0.2) is 0 Å². The van der Waals surface area contributed by atoms with Crippen LogP contribution in [0.5, 0.6) is 5.75 Å². The molecule has 0 aromatic heterocycles. The van der Waals surface area contributed by atoms with E-state index in [9.17, 15) is 13.2 Å². The van der Waals surface area contributed by atoms with Crippen LogP contribution in [0.3, 0.4) is 0 Å². The van der Waals surface area contributed by atoms with E-state index in [0.717, 1.165) is 0 Å². The predicted molar refractivity (Wildman–Crippen MR) is 102 cm³/mol. The monoisotopic (exact) mass is 377 g/mol. The van der Waals surface area contributed by atoms with Crippen LogP contribution in [-0.4, -0.2) is 28.0 Å². The van der Waals surface area contributed by atoms with E-state index in [4.69, 9.17) is 10.5 Å². The fraction of sp³-hybridized carbons (Fsp3) is 0.278. The zero-order valence-electron chi connectivity index (χ0n) is 14.9. The van der Waals surface area contributed by atoms with Crippen LogP contribution in [-0.2, 0) is 14.8 Å². The molecule has 0 heterocycles. The number of nitrogens with two attached hydrogens (primary N) is 1. The van der Waals surface area contributed by atoms with Crippen molar-refractivity contribution in [2.45, 2.75) is 18.7 Å². The number of nitrogens with one attached hydrogen (secondary N) is 2. The number of sulfonamides is 1. The number of para-hydroxylation sites is 2. The number of carbonyl (C=O) groups is 1. The number of benzene rings is 2. The van der Waals surface area contributed by atoms with Crippen LogP contribution in [0.25, 0.3) is 0 Å². The number of amides is 1. The molecule has 1 atom stereocenters. The molecule has 2 aromatic carbocycles. The molecule has 2 rings (SSSR count). The van der Waals surface area contributed by atoms with Crippen LogP contribution in [0, 0.1) is 12.8 Å². The van der Waals surface area contributed by atoms with E-state index in [1.54, 1.807) is 50.2 Å². The largest absolute Gasteiger partial charge is 0.495 e. The molecular formula is C18H23N3O4S. The number of rotatable bonds is 7. The van der Waals surface area contributed by atoms with Gasteiger partial charge in [0.1, 0.15) is 5.75 Å². The summed E-state index contributed by atoms with van der Waals surface area (Å²) < 4.78 is 33.3. The van der Waals surface area contributed by atoms with Crippen LogP contribution in [0.2, 0.25) is 0 Å². The van der Waals surface area contributed by atoms with E-state index in [1.807, 2.05) is 0 Å². The zero-order valence-corrected chi connectivity index (χ0v) is 15.8. The molecule has 140 valence electrons. The van der Waals surface area contributed by atoms with Gasteiger partial charge in [0, 0.05) is 18.2 Å². The zero-order chi connectivity index (χ0) is 19.3. The highest BCUT2D eigenvalue weighted by Crippen LogP contribution is 2.28. The highest BCUT2D eigenvalue weighted by atomic mass is 32.2. The van der Waals surface area contributed by atoms with Crippen molar-refractivity contribution in [1.29, 1.82) is 0 Å². The van der Waals surface area contributed by atoms with Crippen molar-refractivity contribution >= 4 is 27.3 Å². The molecule has 7 nitrogen and oxygen atoms in total. The van der Waals surface area contributed by atoms with Crippen LogP contribution >= 0.6 is 0 Å². The SMILES string of the molecule is COc1ccccc1NS(=O)(=O)c1cc(NC(=O)C(C)CN)ccc1C. The highest BCUT2D eigenvalue weighted by Gasteiger charge is 2.20. The van der Waals surface area contributed by atoms with E-state index >= 15 is 0 Å². The van der Waals surface area contributed by atoms with Crippen molar-refractivity contribution in [2.75, 3.05) is 23.7 Å². The average Bonchev–Trinajstić information content (AvgIpc) is 2.62. The summed E-state index contributed by atoms with van der Waals surface area (Å²) in [6.45, 7) is 3.59. The molecule has 0 fully saturated rings. The third-order valence-electron chi connectivity index (χ3n) is 3.90. The van der Waals surface area contributed by atoms with Crippen molar-refractivity contribution in [3.05, 3.63) is 48.0 Å². The minimum atomic E-state index is -3.87. The molecule has 0 saturated carbocycles. The molecular weight excluding hydrogens is 354 g/mol. The quantitative estimate of drug-likeness (QED) is 0.686. The second kappa shape index (κ2) is 8.20. The Morgan fingerprint density at radius 3 is 2.58 bits per heavy atom. The van der Waals surface area contributed by atoms with Gasteiger partial charge in [0.25, 0.3) is 10.0 Å². The first-order valence-corrected chi connectivity index (χ1v) is 9.54. The highest BCUT2D eigenvalue weighted by molar-refractivity contribution is 7.92. The third-order valence-corrected chi connectivity index (χ3v) is 5.41. The summed E-state index contributed by atoms with van der Waals surface area (Å²) in [6, 6.07) is 11.4. The molecule has 0 aliphatic heterocycles. The van der Waals surface area contributed by atoms with E-state index < -0.39 is 10.0 Å². The van der Waals surface area contributed by atoms with Gasteiger partial charge in [0.2, 0.25) is 5.91 Å². The molecule has 0 saturated heterocycles. The predicted octanol–water partition coefficient (Wildman–Crippen LogP) is 2.34. The molecule has 1 unspecified atom stereocenters. The molecule has 26 heavy (non-hydrogen) atoms. The Balaban J connectivity index is 2.34. The van der Waals surface area contributed by atoms with Crippen LogP contribution in [0.4, 0.5) is 11.4 Å². The number of ether oxygens (including phenoxy) is 1. The van der Waals surface area contributed by atoms with E-state index in [1.165, 1.54) is 13.2 Å². The Morgan fingerprint density at radius 1 is 1.23 bits per heavy atom. The van der Waals surface area contributed by atoms with Gasteiger partial charge in [-0.1, -0.05) is 25.1 Å². The van der Waals surface area contributed by atoms with Crippen LogP contribution in [0.15, 0.2) is 47.4 Å². The first-order valence-electron chi connectivity index (χ1n) is 8.06. The molecule has 1 amide bonds. The Hall–Kier alpha value is -2.58. The van der Waals surface area contributed by atoms with Gasteiger partial charge in [-0.3, -0.25) is 9.52 Å². The fourth-order valence-corrected chi connectivity index (χ4v) is 3.61. The van der Waals surface area contributed by atoms with Crippen molar-refractivity contribution in [1.82, 2.24) is 0 Å². The summed E-state index contributed by atoms with van der Waals surface area (Å²) in [5.41, 5.74) is 6.76. The summed E-state index contributed by atoms with van der Waals surface area (Å²) >= 11 is 0. The second-order valence-electron chi connectivity index (χ2n) is 5.91. The maximum Gasteiger partial charge on any atom is 0.262 e. The van der Waals surface area contributed by atoms with E-state index in [-0.39, 0.29) is 23.3 Å². The molecule has 0 radical (unpaired) electrons. The molecule has 0 bridgehead atoms. The summed E-state index contributed by atoms with van der Waals surface area (Å²) in [5, 5.41) is 2.68. The van der Waals surface area contributed by atoms with Gasteiger partial charge < -0.3 is 15.8 Å². The number of hydrogen-bond acceptors (Lipinski definition) is 5. The number of hydrogen-bond donors (Lipinski definition) is 3. The van der Waals surface area contributed by atoms with Crippen LogP contribution < -0.4 is 20.5 Å². The van der Waals surface area contributed by atoms with Crippen molar-refractivity contribution in [3.63, 3.8) is 0 Å². The lowest BCUT2D eigenvalue weighted by Gasteiger charge is -2.15. The van der Waals surface area contributed by atoms with Gasteiger partial charge >= 0.3 is 0 Å². The minimum absolute atomic E-state index is 0.0709. The molecule has 0 spiro atoms. The standard InChI is InChI=1S/C18H23N3O4S/c1-12-8-9-14(20-18(22)13(2)11-19)10-17(12)26(23,24)21-15-6-4-5-7-16(15)25-3/h4-10,13,21H,11,19H2,1-3H3,(H,20,22). The van der Waals surface area contributed by atoms with Crippen molar-refractivity contribution in [3.8, 4) is 5.75 Å². The molecule has 4 N–H and O–H groups in total. The van der Waals surface area contributed by atoms with E-state index in [0.29, 0.717) is 22.7 Å². The fourth-order valence-electron chi connectivity index (χ4n) is 2.27. The smallest absolute Gasteiger partial charge is 0.262 e. The topological polar surface area (TPSA) is 111 Å². The van der Waals surface area contributed by atoms with Gasteiger partial charge in [-0.15, -0.1) is 0 Å². The summed E-state index contributed by atoms with van der Waals surface area (Å²) in [5.74, 6) is -0.226. The summed E-state index contributed by atoms with van der Waals surface area (Å²) in [7, 11) is -2.40. The normalized spacial score (nSPS) is 12.3. The van der Waals surface area contributed by atoms with Gasteiger partial charge in [-0.2, -0.15) is 0 Å². The lowest BCUT2D eigenvalue weighted by Crippen LogP contribution is -2.26. The first-order chi connectivity index (χ1) is 12.3. The Kier molecular flexibility index (Phi) is 6.23.